The highest BCUT2D eigenvalue weighted by Crippen LogP contribution is 2.27. The summed E-state index contributed by atoms with van der Waals surface area (Å²) in [5, 5.41) is 9.17. The van der Waals surface area contributed by atoms with E-state index >= 15 is 0 Å². The lowest BCUT2D eigenvalue weighted by Crippen LogP contribution is -2.26. The lowest BCUT2D eigenvalue weighted by molar-refractivity contribution is 0.0694. The van der Waals surface area contributed by atoms with Gasteiger partial charge in [0.05, 0.1) is 0 Å². The molecule has 0 saturated heterocycles. The molecule has 5 nitrogen and oxygen atoms in total. The molecule has 2 rings (SSSR count). The molecule has 0 fully saturated rings. The van der Waals surface area contributed by atoms with Gasteiger partial charge in [0, 0.05) is 5.56 Å². The Labute approximate surface area is 125 Å². The Kier molecular flexibility index (Phi) is 3.91. The van der Waals surface area contributed by atoms with Gasteiger partial charge in [-0.25, -0.2) is 18.5 Å². The minimum Gasteiger partial charge on any atom is -0.477 e. The normalized spacial score (nSPS) is 10.0. The summed E-state index contributed by atoms with van der Waals surface area (Å²) in [6, 6.07) is 6.01. The Morgan fingerprint density at radius 3 is 2.36 bits per heavy atom. The summed E-state index contributed by atoms with van der Waals surface area (Å²) in [4.78, 5) is 26.9. The molecule has 0 bridgehead atoms. The average molecular weight is 298 g/mol. The molecule has 0 aliphatic carbocycles. The Morgan fingerprint density at radius 2 is 1.91 bits per heavy atom. The molecule has 6 heteroatoms. The van der Waals surface area contributed by atoms with Crippen LogP contribution in [0.1, 0.15) is 22.8 Å². The van der Waals surface area contributed by atoms with E-state index in [1.54, 1.807) is 6.92 Å². The topological polar surface area (TPSA) is 63.7 Å². The standard InChI is InChI=1S/C16H11FN2O3/c1-9(2)12-8-13(16(21)22)15(20)19(14(12)18-3)11-6-4-10(17)5-7-11/h4-8H,1H2,2H3,(H,21,22). The molecule has 0 atom stereocenters. The summed E-state index contributed by atoms with van der Waals surface area (Å²) < 4.78 is 14.0. The van der Waals surface area contributed by atoms with Crippen molar-refractivity contribution >= 4 is 17.4 Å². The maximum absolute atomic E-state index is 13.0. The van der Waals surface area contributed by atoms with Crippen LogP contribution in [0.15, 0.2) is 41.7 Å². The molecule has 0 radical (unpaired) electrons. The first-order chi connectivity index (χ1) is 10.4. The highest BCUT2D eigenvalue weighted by molar-refractivity contribution is 5.90. The Hall–Kier alpha value is -3.20. The Morgan fingerprint density at radius 1 is 1.32 bits per heavy atom. The second-order valence-corrected chi connectivity index (χ2v) is 4.61. The molecule has 1 aromatic heterocycles. The number of nitrogens with zero attached hydrogens (tertiary/aromatic N) is 2. The van der Waals surface area contributed by atoms with Crippen LogP contribution in [-0.2, 0) is 0 Å². The van der Waals surface area contributed by atoms with Gasteiger partial charge < -0.3 is 9.95 Å². The van der Waals surface area contributed by atoms with E-state index in [1.807, 2.05) is 0 Å². The second kappa shape index (κ2) is 5.66. The zero-order chi connectivity index (χ0) is 16.4. The van der Waals surface area contributed by atoms with Crippen LogP contribution in [0.25, 0.3) is 16.1 Å². The van der Waals surface area contributed by atoms with E-state index in [1.165, 1.54) is 12.1 Å². The highest BCUT2D eigenvalue weighted by atomic mass is 19.1. The van der Waals surface area contributed by atoms with Crippen molar-refractivity contribution in [2.24, 2.45) is 0 Å². The minimum atomic E-state index is -1.40. The first kappa shape index (κ1) is 15.2. The molecule has 22 heavy (non-hydrogen) atoms. The summed E-state index contributed by atoms with van der Waals surface area (Å²) >= 11 is 0. The maximum Gasteiger partial charge on any atom is 0.343 e. The molecule has 1 heterocycles. The molecular formula is C16H11FN2O3. The van der Waals surface area contributed by atoms with E-state index in [9.17, 15) is 19.1 Å². The molecule has 2 aromatic rings. The van der Waals surface area contributed by atoms with Gasteiger partial charge in [-0.15, -0.1) is 0 Å². The molecule has 110 valence electrons. The van der Waals surface area contributed by atoms with Gasteiger partial charge in [0.25, 0.3) is 0 Å². The van der Waals surface area contributed by atoms with Gasteiger partial charge in [0.2, 0.25) is 5.82 Å². The van der Waals surface area contributed by atoms with Crippen molar-refractivity contribution < 1.29 is 14.3 Å². The van der Waals surface area contributed by atoms with Crippen LogP contribution in [0.3, 0.4) is 0 Å². The molecule has 0 unspecified atom stereocenters. The third-order valence-electron chi connectivity index (χ3n) is 3.06. The number of pyridine rings is 1. The molecule has 0 aliphatic heterocycles. The Bertz CT molecular complexity index is 874. The highest BCUT2D eigenvalue weighted by Gasteiger charge is 2.22. The summed E-state index contributed by atoms with van der Waals surface area (Å²) in [6.07, 6.45) is 0. The van der Waals surface area contributed by atoms with Gasteiger partial charge in [0.15, 0.2) is 0 Å². The van der Waals surface area contributed by atoms with E-state index < -0.39 is 22.9 Å². The summed E-state index contributed by atoms with van der Waals surface area (Å²) in [6.45, 7) is 12.6. The number of hydrogen-bond donors (Lipinski definition) is 1. The van der Waals surface area contributed by atoms with Crippen molar-refractivity contribution in [2.75, 3.05) is 0 Å². The number of halogens is 1. The van der Waals surface area contributed by atoms with Crippen LogP contribution in [0.2, 0.25) is 0 Å². The number of benzene rings is 1. The van der Waals surface area contributed by atoms with Gasteiger partial charge in [-0.2, -0.15) is 0 Å². The van der Waals surface area contributed by atoms with E-state index in [0.717, 1.165) is 22.8 Å². The number of rotatable bonds is 3. The van der Waals surface area contributed by atoms with Gasteiger partial charge in [-0.1, -0.05) is 18.7 Å². The number of carboxylic acid groups (broad SMARTS) is 1. The van der Waals surface area contributed by atoms with Crippen molar-refractivity contribution in [2.45, 2.75) is 6.92 Å². The van der Waals surface area contributed by atoms with Crippen LogP contribution < -0.4 is 5.56 Å². The smallest absolute Gasteiger partial charge is 0.343 e. The first-order valence-electron chi connectivity index (χ1n) is 6.19. The summed E-state index contributed by atoms with van der Waals surface area (Å²) in [7, 11) is 0. The summed E-state index contributed by atoms with van der Waals surface area (Å²) in [5.41, 5.74) is -0.409. The average Bonchev–Trinajstić information content (AvgIpc) is 2.47. The van der Waals surface area contributed by atoms with Gasteiger partial charge >= 0.3 is 11.5 Å². The van der Waals surface area contributed by atoms with Crippen LogP contribution in [0.4, 0.5) is 10.2 Å². The molecule has 0 amide bonds. The fraction of sp³-hybridized carbons (Fsp3) is 0.0625. The molecule has 0 saturated carbocycles. The van der Waals surface area contributed by atoms with Crippen molar-refractivity contribution in [1.29, 1.82) is 0 Å². The van der Waals surface area contributed by atoms with E-state index in [4.69, 9.17) is 6.57 Å². The monoisotopic (exact) mass is 298 g/mol. The fourth-order valence-corrected chi connectivity index (χ4v) is 2.01. The third kappa shape index (κ3) is 2.52. The molecule has 1 N–H and O–H groups in total. The number of aromatic nitrogens is 1. The summed E-state index contributed by atoms with van der Waals surface area (Å²) in [5.74, 6) is -1.97. The maximum atomic E-state index is 13.0. The third-order valence-corrected chi connectivity index (χ3v) is 3.06. The van der Waals surface area contributed by atoms with Crippen molar-refractivity contribution in [1.82, 2.24) is 4.57 Å². The van der Waals surface area contributed by atoms with E-state index in [-0.39, 0.29) is 17.1 Å². The second-order valence-electron chi connectivity index (χ2n) is 4.61. The zero-order valence-corrected chi connectivity index (χ0v) is 11.6. The van der Waals surface area contributed by atoms with Crippen LogP contribution >= 0.6 is 0 Å². The fourth-order valence-electron chi connectivity index (χ4n) is 2.01. The predicted octanol–water partition coefficient (Wildman–Crippen LogP) is 3.26. The molecule has 0 spiro atoms. The van der Waals surface area contributed by atoms with Gasteiger partial charge in [-0.3, -0.25) is 0 Å². The SMILES string of the molecule is [C-]#[N+]c1c(C(=C)C)cc(C(=O)O)c(=O)n1-c1ccc(F)cc1. The Balaban J connectivity index is 2.95. The molecular weight excluding hydrogens is 287 g/mol. The van der Waals surface area contributed by atoms with Crippen LogP contribution in [0, 0.1) is 12.4 Å². The van der Waals surface area contributed by atoms with Crippen LogP contribution in [-0.4, -0.2) is 15.6 Å². The number of aromatic carboxylic acids is 1. The zero-order valence-electron chi connectivity index (χ0n) is 11.6. The van der Waals surface area contributed by atoms with E-state index in [0.29, 0.717) is 5.57 Å². The number of carbonyl (C=O) groups is 1. The largest absolute Gasteiger partial charge is 0.477 e. The van der Waals surface area contributed by atoms with Gasteiger partial charge in [0.1, 0.15) is 17.1 Å². The number of carboxylic acids is 1. The molecule has 0 aliphatic rings. The first-order valence-corrected chi connectivity index (χ1v) is 6.19. The van der Waals surface area contributed by atoms with Crippen LogP contribution in [0.5, 0.6) is 0 Å². The van der Waals surface area contributed by atoms with Crippen molar-refractivity contribution in [3.05, 3.63) is 75.6 Å². The lowest BCUT2D eigenvalue weighted by Gasteiger charge is -2.12. The number of hydrogen-bond acceptors (Lipinski definition) is 2. The number of allylic oxidation sites excluding steroid dienone is 1. The van der Waals surface area contributed by atoms with Gasteiger partial charge in [-0.05, 0) is 37.3 Å². The van der Waals surface area contributed by atoms with Crippen molar-refractivity contribution in [3.63, 3.8) is 0 Å². The quantitative estimate of drug-likeness (QED) is 0.885. The molecule has 1 aromatic carbocycles. The predicted molar refractivity (Wildman–Crippen MR) is 79.9 cm³/mol. The minimum absolute atomic E-state index is 0.0610. The van der Waals surface area contributed by atoms with Crippen molar-refractivity contribution in [3.8, 4) is 5.69 Å². The lowest BCUT2D eigenvalue weighted by atomic mass is 10.1. The van der Waals surface area contributed by atoms with E-state index in [2.05, 4.69) is 11.4 Å².